The number of rotatable bonds is 2. The Morgan fingerprint density at radius 3 is 2.58 bits per heavy atom. The first-order valence-electron chi connectivity index (χ1n) is 5.97. The van der Waals surface area contributed by atoms with Gasteiger partial charge in [0.2, 0.25) is 0 Å². The zero-order valence-corrected chi connectivity index (χ0v) is 10.2. The highest BCUT2D eigenvalue weighted by Crippen LogP contribution is 2.20. The van der Waals surface area contributed by atoms with Crippen LogP contribution in [-0.2, 0) is 0 Å². The molecule has 0 spiro atoms. The fourth-order valence-corrected chi connectivity index (χ4v) is 1.96. The average molecular weight is 245 g/mol. The molecule has 0 amide bonds. The number of aromatic nitrogens is 2. The quantitative estimate of drug-likeness (QED) is 0.694. The number of nitriles is 1. The van der Waals surface area contributed by atoms with E-state index in [-0.39, 0.29) is 0 Å². The molecule has 3 aromatic rings. The van der Waals surface area contributed by atoms with E-state index < -0.39 is 0 Å². The predicted molar refractivity (Wildman–Crippen MR) is 73.7 cm³/mol. The topological polar surface area (TPSA) is 41.6 Å². The van der Waals surface area contributed by atoms with Crippen molar-refractivity contribution in [3.8, 4) is 22.9 Å². The molecule has 3 rings (SSSR count). The van der Waals surface area contributed by atoms with E-state index in [2.05, 4.69) is 11.2 Å². The van der Waals surface area contributed by atoms with Crippen molar-refractivity contribution in [1.29, 1.82) is 5.26 Å². The third-order valence-electron chi connectivity index (χ3n) is 2.93. The molecule has 0 fully saturated rings. The highest BCUT2D eigenvalue weighted by molar-refractivity contribution is 5.64. The Kier molecular flexibility index (Phi) is 2.83. The molecule has 90 valence electrons. The zero-order chi connectivity index (χ0) is 13.1. The molecular weight excluding hydrogens is 234 g/mol. The maximum atomic E-state index is 8.92. The molecule has 0 aliphatic rings. The van der Waals surface area contributed by atoms with Gasteiger partial charge in [0.25, 0.3) is 0 Å². The number of benzene rings is 2. The summed E-state index contributed by atoms with van der Waals surface area (Å²) in [6, 6.07) is 19.6. The highest BCUT2D eigenvalue weighted by atomic mass is 15.3. The Bertz CT molecular complexity index is 736. The molecule has 0 aliphatic heterocycles. The lowest BCUT2D eigenvalue weighted by atomic mass is 10.1. The number of nitrogens with zero attached hydrogens (tertiary/aromatic N) is 3. The van der Waals surface area contributed by atoms with Crippen LogP contribution in [0.1, 0.15) is 5.56 Å². The van der Waals surface area contributed by atoms with Crippen molar-refractivity contribution < 1.29 is 0 Å². The minimum absolute atomic E-state index is 0.657. The van der Waals surface area contributed by atoms with Gasteiger partial charge in [-0.15, -0.1) is 0 Å². The van der Waals surface area contributed by atoms with Gasteiger partial charge >= 0.3 is 0 Å². The van der Waals surface area contributed by atoms with Crippen LogP contribution in [0.2, 0.25) is 0 Å². The normalized spacial score (nSPS) is 10.1. The SMILES string of the molecule is N#Cc1cccc(-c2cnn(-c3ccccc3)c2)c1. The van der Waals surface area contributed by atoms with Crippen LogP contribution in [-0.4, -0.2) is 9.78 Å². The highest BCUT2D eigenvalue weighted by Gasteiger charge is 2.03. The first-order chi connectivity index (χ1) is 9.36. The van der Waals surface area contributed by atoms with Gasteiger partial charge in [0, 0.05) is 11.8 Å². The van der Waals surface area contributed by atoms with E-state index in [4.69, 9.17) is 5.26 Å². The molecule has 3 heteroatoms. The summed E-state index contributed by atoms with van der Waals surface area (Å²) < 4.78 is 1.83. The number of hydrogen-bond donors (Lipinski definition) is 0. The van der Waals surface area contributed by atoms with Crippen LogP contribution < -0.4 is 0 Å². The molecule has 0 radical (unpaired) electrons. The van der Waals surface area contributed by atoms with Gasteiger partial charge in [-0.25, -0.2) is 4.68 Å². The summed E-state index contributed by atoms with van der Waals surface area (Å²) in [6.07, 6.45) is 3.77. The third-order valence-corrected chi connectivity index (χ3v) is 2.93. The predicted octanol–water partition coefficient (Wildman–Crippen LogP) is 3.41. The Balaban J connectivity index is 2.00. The van der Waals surface area contributed by atoms with Gasteiger partial charge in [0.1, 0.15) is 0 Å². The van der Waals surface area contributed by atoms with E-state index >= 15 is 0 Å². The van der Waals surface area contributed by atoms with Crippen LogP contribution >= 0.6 is 0 Å². The van der Waals surface area contributed by atoms with E-state index in [1.807, 2.05) is 65.6 Å². The van der Waals surface area contributed by atoms with Crippen LogP contribution in [0.4, 0.5) is 0 Å². The van der Waals surface area contributed by atoms with E-state index in [1.165, 1.54) is 0 Å². The molecule has 0 unspecified atom stereocenters. The minimum Gasteiger partial charge on any atom is -0.240 e. The van der Waals surface area contributed by atoms with Crippen molar-refractivity contribution in [3.63, 3.8) is 0 Å². The smallest absolute Gasteiger partial charge is 0.0991 e. The van der Waals surface area contributed by atoms with Crippen molar-refractivity contribution in [1.82, 2.24) is 9.78 Å². The molecule has 3 nitrogen and oxygen atoms in total. The second-order valence-corrected chi connectivity index (χ2v) is 4.20. The Labute approximate surface area is 111 Å². The summed E-state index contributed by atoms with van der Waals surface area (Å²) in [5, 5.41) is 13.3. The van der Waals surface area contributed by atoms with Gasteiger partial charge in [-0.3, -0.25) is 0 Å². The summed E-state index contributed by atoms with van der Waals surface area (Å²) in [5.41, 5.74) is 3.68. The second kappa shape index (κ2) is 4.79. The lowest BCUT2D eigenvalue weighted by molar-refractivity contribution is 0.881. The van der Waals surface area contributed by atoms with E-state index in [0.29, 0.717) is 5.56 Å². The van der Waals surface area contributed by atoms with Crippen LogP contribution in [0.3, 0.4) is 0 Å². The first kappa shape index (κ1) is 11.2. The molecule has 2 aromatic carbocycles. The molecule has 1 heterocycles. The van der Waals surface area contributed by atoms with Crippen LogP contribution in [0.5, 0.6) is 0 Å². The van der Waals surface area contributed by atoms with Crippen molar-refractivity contribution in [2.45, 2.75) is 0 Å². The molecule has 0 atom stereocenters. The molecule has 1 aromatic heterocycles. The van der Waals surface area contributed by atoms with Gasteiger partial charge < -0.3 is 0 Å². The lowest BCUT2D eigenvalue weighted by Gasteiger charge is -1.99. The second-order valence-electron chi connectivity index (χ2n) is 4.20. The summed E-state index contributed by atoms with van der Waals surface area (Å²) in [7, 11) is 0. The Morgan fingerprint density at radius 2 is 1.79 bits per heavy atom. The van der Waals surface area contributed by atoms with Gasteiger partial charge in [0.05, 0.1) is 23.5 Å². The van der Waals surface area contributed by atoms with Gasteiger partial charge in [-0.1, -0.05) is 30.3 Å². The Hall–Kier alpha value is -2.86. The average Bonchev–Trinajstić information content (AvgIpc) is 2.98. The summed E-state index contributed by atoms with van der Waals surface area (Å²) in [4.78, 5) is 0. The summed E-state index contributed by atoms with van der Waals surface area (Å²) in [6.45, 7) is 0. The van der Waals surface area contributed by atoms with E-state index in [1.54, 1.807) is 6.07 Å². The summed E-state index contributed by atoms with van der Waals surface area (Å²) >= 11 is 0. The molecular formula is C16H11N3. The third kappa shape index (κ3) is 2.24. The number of para-hydroxylation sites is 1. The van der Waals surface area contributed by atoms with Crippen LogP contribution in [0, 0.1) is 11.3 Å². The zero-order valence-electron chi connectivity index (χ0n) is 10.2. The van der Waals surface area contributed by atoms with Crippen molar-refractivity contribution in [3.05, 3.63) is 72.6 Å². The molecule has 0 saturated carbocycles. The molecule has 0 N–H and O–H groups in total. The maximum absolute atomic E-state index is 8.92. The van der Waals surface area contributed by atoms with Crippen molar-refractivity contribution >= 4 is 0 Å². The lowest BCUT2D eigenvalue weighted by Crippen LogP contribution is -1.92. The van der Waals surface area contributed by atoms with E-state index in [0.717, 1.165) is 16.8 Å². The molecule has 19 heavy (non-hydrogen) atoms. The van der Waals surface area contributed by atoms with Crippen LogP contribution in [0.15, 0.2) is 67.0 Å². The van der Waals surface area contributed by atoms with Crippen LogP contribution in [0.25, 0.3) is 16.8 Å². The standard InChI is InChI=1S/C16H11N3/c17-10-13-5-4-6-14(9-13)15-11-18-19(12-15)16-7-2-1-3-8-16/h1-9,11-12H. The fourth-order valence-electron chi connectivity index (χ4n) is 1.96. The van der Waals surface area contributed by atoms with Gasteiger partial charge in [0.15, 0.2) is 0 Å². The Morgan fingerprint density at radius 1 is 0.947 bits per heavy atom. The first-order valence-corrected chi connectivity index (χ1v) is 5.97. The molecule has 0 aliphatic carbocycles. The number of hydrogen-bond acceptors (Lipinski definition) is 2. The minimum atomic E-state index is 0.657. The monoisotopic (exact) mass is 245 g/mol. The van der Waals surface area contributed by atoms with Gasteiger partial charge in [-0.2, -0.15) is 10.4 Å². The molecule has 0 saturated heterocycles. The van der Waals surface area contributed by atoms with Crippen molar-refractivity contribution in [2.75, 3.05) is 0 Å². The maximum Gasteiger partial charge on any atom is 0.0991 e. The van der Waals surface area contributed by atoms with Crippen molar-refractivity contribution in [2.24, 2.45) is 0 Å². The largest absolute Gasteiger partial charge is 0.240 e. The summed E-state index contributed by atoms with van der Waals surface area (Å²) in [5.74, 6) is 0. The van der Waals surface area contributed by atoms with Gasteiger partial charge in [-0.05, 0) is 29.8 Å². The molecule has 0 bridgehead atoms. The van der Waals surface area contributed by atoms with E-state index in [9.17, 15) is 0 Å². The fraction of sp³-hybridized carbons (Fsp3) is 0.